The van der Waals surface area contributed by atoms with Gasteiger partial charge in [0.15, 0.2) is 0 Å². The summed E-state index contributed by atoms with van der Waals surface area (Å²) in [6, 6.07) is 17.1. The summed E-state index contributed by atoms with van der Waals surface area (Å²) < 4.78 is 0. The van der Waals surface area contributed by atoms with Crippen LogP contribution in [0.4, 0.5) is 5.69 Å². The lowest BCUT2D eigenvalue weighted by atomic mass is 9.95. The van der Waals surface area contributed by atoms with Crippen LogP contribution in [-0.4, -0.2) is 35.7 Å². The number of carbonyl (C=O) groups is 3. The first-order valence-corrected chi connectivity index (χ1v) is 10.2. The Morgan fingerprint density at radius 3 is 2.30 bits per heavy atom. The number of likely N-dealkylation sites (tertiary alicyclic amines) is 1. The van der Waals surface area contributed by atoms with Crippen LogP contribution in [0.15, 0.2) is 60.7 Å². The van der Waals surface area contributed by atoms with Crippen LogP contribution >= 0.6 is 0 Å². The van der Waals surface area contributed by atoms with E-state index in [9.17, 15) is 14.4 Å². The number of carbonyl (C=O) groups excluding carboxylic acids is 3. The monoisotopic (exact) mass is 405 g/mol. The van der Waals surface area contributed by atoms with Crippen molar-refractivity contribution in [1.29, 1.82) is 0 Å². The van der Waals surface area contributed by atoms with E-state index < -0.39 is 0 Å². The van der Waals surface area contributed by atoms with Crippen LogP contribution in [0.3, 0.4) is 0 Å². The molecule has 0 saturated carbocycles. The van der Waals surface area contributed by atoms with Gasteiger partial charge in [0, 0.05) is 44.2 Å². The zero-order valence-electron chi connectivity index (χ0n) is 17.1. The highest BCUT2D eigenvalue weighted by atomic mass is 16.2. The van der Waals surface area contributed by atoms with Crippen LogP contribution in [-0.2, 0) is 20.9 Å². The van der Waals surface area contributed by atoms with Crippen molar-refractivity contribution in [3.8, 4) is 0 Å². The van der Waals surface area contributed by atoms with Crippen molar-refractivity contribution in [2.45, 2.75) is 26.3 Å². The number of benzene rings is 2. The Hall–Kier alpha value is -3.41. The molecule has 30 heavy (non-hydrogen) atoms. The van der Waals surface area contributed by atoms with E-state index in [0.29, 0.717) is 32.5 Å². The average Bonchev–Trinajstić information content (AvgIpc) is 2.77. The number of nitrogens with zero attached hydrogens (tertiary/aromatic N) is 1. The molecule has 0 aromatic heterocycles. The first-order valence-electron chi connectivity index (χ1n) is 10.2. The number of piperidine rings is 1. The van der Waals surface area contributed by atoms with E-state index in [0.717, 1.165) is 16.8 Å². The first-order chi connectivity index (χ1) is 14.5. The topological polar surface area (TPSA) is 78.5 Å². The SMILES string of the molecule is CC(=O)Nc1ccc(/C=C/C(=O)N2CCC(C(=O)NCc3ccccc3)CC2)cc1. The number of rotatable bonds is 6. The third-order valence-corrected chi connectivity index (χ3v) is 5.14. The van der Waals surface area contributed by atoms with Gasteiger partial charge in [0.05, 0.1) is 0 Å². The van der Waals surface area contributed by atoms with Crippen molar-refractivity contribution in [1.82, 2.24) is 10.2 Å². The maximum absolute atomic E-state index is 12.5. The molecule has 1 fully saturated rings. The number of hydrogen-bond donors (Lipinski definition) is 2. The fraction of sp³-hybridized carbons (Fsp3) is 0.292. The van der Waals surface area contributed by atoms with Crippen molar-refractivity contribution in [2.24, 2.45) is 5.92 Å². The third kappa shape index (κ3) is 6.30. The van der Waals surface area contributed by atoms with Gasteiger partial charge >= 0.3 is 0 Å². The Morgan fingerprint density at radius 1 is 1.00 bits per heavy atom. The highest BCUT2D eigenvalue weighted by Crippen LogP contribution is 2.18. The molecular formula is C24H27N3O3. The van der Waals surface area contributed by atoms with Crippen molar-refractivity contribution >= 4 is 29.5 Å². The van der Waals surface area contributed by atoms with E-state index in [1.54, 1.807) is 29.2 Å². The van der Waals surface area contributed by atoms with E-state index in [2.05, 4.69) is 10.6 Å². The molecule has 0 spiro atoms. The Bertz CT molecular complexity index is 899. The molecule has 2 aromatic rings. The van der Waals surface area contributed by atoms with Gasteiger partial charge in [-0.05, 0) is 42.2 Å². The molecular weight excluding hydrogens is 378 g/mol. The molecule has 1 aliphatic rings. The molecule has 1 saturated heterocycles. The molecule has 0 aliphatic carbocycles. The lowest BCUT2D eigenvalue weighted by Gasteiger charge is -2.30. The summed E-state index contributed by atoms with van der Waals surface area (Å²) in [5.41, 5.74) is 2.68. The molecule has 0 bridgehead atoms. The molecule has 3 amide bonds. The lowest BCUT2D eigenvalue weighted by Crippen LogP contribution is -2.42. The highest BCUT2D eigenvalue weighted by molar-refractivity contribution is 5.92. The van der Waals surface area contributed by atoms with Gasteiger partial charge in [0.2, 0.25) is 17.7 Å². The fourth-order valence-electron chi connectivity index (χ4n) is 3.45. The molecule has 6 heteroatoms. The van der Waals surface area contributed by atoms with Gasteiger partial charge in [-0.2, -0.15) is 0 Å². The maximum atomic E-state index is 12.5. The van der Waals surface area contributed by atoms with Crippen LogP contribution in [0, 0.1) is 5.92 Å². The number of anilines is 1. The Balaban J connectivity index is 1.43. The minimum absolute atomic E-state index is 0.0518. The number of nitrogens with one attached hydrogen (secondary N) is 2. The quantitative estimate of drug-likeness (QED) is 0.725. The lowest BCUT2D eigenvalue weighted by molar-refractivity contribution is -0.132. The molecule has 1 heterocycles. The zero-order chi connectivity index (χ0) is 21.3. The van der Waals surface area contributed by atoms with Crippen LogP contribution in [0.5, 0.6) is 0 Å². The second-order valence-electron chi connectivity index (χ2n) is 7.44. The van der Waals surface area contributed by atoms with E-state index in [1.807, 2.05) is 42.5 Å². The van der Waals surface area contributed by atoms with Gasteiger partial charge in [-0.1, -0.05) is 42.5 Å². The van der Waals surface area contributed by atoms with Crippen LogP contribution in [0.2, 0.25) is 0 Å². The number of amides is 3. The van der Waals surface area contributed by atoms with Crippen LogP contribution in [0.1, 0.15) is 30.9 Å². The smallest absolute Gasteiger partial charge is 0.246 e. The van der Waals surface area contributed by atoms with E-state index in [1.165, 1.54) is 6.92 Å². The predicted octanol–water partition coefficient (Wildman–Crippen LogP) is 3.21. The summed E-state index contributed by atoms with van der Waals surface area (Å²) >= 11 is 0. The summed E-state index contributed by atoms with van der Waals surface area (Å²) in [4.78, 5) is 37.7. The molecule has 156 valence electrons. The minimum Gasteiger partial charge on any atom is -0.352 e. The van der Waals surface area contributed by atoms with Gasteiger partial charge < -0.3 is 15.5 Å². The van der Waals surface area contributed by atoms with Crippen molar-refractivity contribution in [3.05, 3.63) is 71.8 Å². The molecule has 0 unspecified atom stereocenters. The summed E-state index contributed by atoms with van der Waals surface area (Å²) in [6.45, 7) is 3.15. The van der Waals surface area contributed by atoms with Gasteiger partial charge in [0.25, 0.3) is 0 Å². The van der Waals surface area contributed by atoms with Crippen molar-refractivity contribution in [2.75, 3.05) is 18.4 Å². The second-order valence-corrected chi connectivity index (χ2v) is 7.44. The normalized spacial score (nSPS) is 14.5. The van der Waals surface area contributed by atoms with E-state index >= 15 is 0 Å². The van der Waals surface area contributed by atoms with Gasteiger partial charge in [-0.15, -0.1) is 0 Å². The average molecular weight is 405 g/mol. The molecule has 2 N–H and O–H groups in total. The molecule has 3 rings (SSSR count). The summed E-state index contributed by atoms with van der Waals surface area (Å²) in [6.07, 6.45) is 4.67. The second kappa shape index (κ2) is 10.4. The molecule has 0 atom stereocenters. The maximum Gasteiger partial charge on any atom is 0.246 e. The summed E-state index contributed by atoms with van der Waals surface area (Å²) in [5.74, 6) is -0.168. The summed E-state index contributed by atoms with van der Waals surface area (Å²) in [7, 11) is 0. The standard InChI is InChI=1S/C24H27N3O3/c1-18(28)26-22-10-7-19(8-11-22)9-12-23(29)27-15-13-21(14-16-27)24(30)25-17-20-5-3-2-4-6-20/h2-12,21H,13-17H2,1H3,(H,25,30)(H,26,28)/b12-9+. The summed E-state index contributed by atoms with van der Waals surface area (Å²) in [5, 5.41) is 5.70. The minimum atomic E-state index is -0.120. The first kappa shape index (κ1) is 21.3. The van der Waals surface area contributed by atoms with Crippen LogP contribution < -0.4 is 10.6 Å². The van der Waals surface area contributed by atoms with Gasteiger partial charge in [-0.25, -0.2) is 0 Å². The predicted molar refractivity (Wildman–Crippen MR) is 117 cm³/mol. The molecule has 6 nitrogen and oxygen atoms in total. The highest BCUT2D eigenvalue weighted by Gasteiger charge is 2.26. The number of hydrogen-bond acceptors (Lipinski definition) is 3. The van der Waals surface area contributed by atoms with Gasteiger partial charge in [0.1, 0.15) is 0 Å². The largest absolute Gasteiger partial charge is 0.352 e. The zero-order valence-corrected chi connectivity index (χ0v) is 17.1. The fourth-order valence-corrected chi connectivity index (χ4v) is 3.45. The molecule has 1 aliphatic heterocycles. The Labute approximate surface area is 177 Å². The van der Waals surface area contributed by atoms with Crippen molar-refractivity contribution < 1.29 is 14.4 Å². The Kier molecular flexibility index (Phi) is 7.38. The van der Waals surface area contributed by atoms with Crippen molar-refractivity contribution in [3.63, 3.8) is 0 Å². The van der Waals surface area contributed by atoms with Gasteiger partial charge in [-0.3, -0.25) is 14.4 Å². The third-order valence-electron chi connectivity index (χ3n) is 5.14. The van der Waals surface area contributed by atoms with E-state index in [4.69, 9.17) is 0 Å². The van der Waals surface area contributed by atoms with Crippen LogP contribution in [0.25, 0.3) is 6.08 Å². The van der Waals surface area contributed by atoms with E-state index in [-0.39, 0.29) is 23.6 Å². The Morgan fingerprint density at radius 2 is 1.67 bits per heavy atom. The molecule has 2 aromatic carbocycles. The molecule has 0 radical (unpaired) electrons.